The van der Waals surface area contributed by atoms with Gasteiger partial charge in [0.25, 0.3) is 0 Å². The lowest BCUT2D eigenvalue weighted by atomic mass is 10.2. The van der Waals surface area contributed by atoms with E-state index < -0.39 is 7.37 Å². The zero-order valence-corrected chi connectivity index (χ0v) is 9.27. The molecule has 0 radical (unpaired) electrons. The predicted octanol–water partition coefficient (Wildman–Crippen LogP) is 2.56. The van der Waals surface area contributed by atoms with E-state index >= 15 is 0 Å². The van der Waals surface area contributed by atoms with Gasteiger partial charge in [0.2, 0.25) is 7.37 Å². The van der Waals surface area contributed by atoms with Gasteiger partial charge in [-0.25, -0.2) is 0 Å². The van der Waals surface area contributed by atoms with Crippen LogP contribution in [0.3, 0.4) is 0 Å². The SMILES string of the molecule is COCP(C)(=O)OCCC(C)C. The van der Waals surface area contributed by atoms with E-state index in [9.17, 15) is 4.57 Å². The molecule has 0 saturated carbocycles. The highest BCUT2D eigenvalue weighted by molar-refractivity contribution is 7.57. The van der Waals surface area contributed by atoms with Crippen molar-refractivity contribution in [2.24, 2.45) is 5.92 Å². The Morgan fingerprint density at radius 1 is 1.42 bits per heavy atom. The lowest BCUT2D eigenvalue weighted by Gasteiger charge is -2.13. The van der Waals surface area contributed by atoms with Gasteiger partial charge in [0.15, 0.2) is 0 Å². The van der Waals surface area contributed by atoms with E-state index in [1.165, 1.54) is 7.11 Å². The van der Waals surface area contributed by atoms with Gasteiger partial charge < -0.3 is 9.26 Å². The van der Waals surface area contributed by atoms with E-state index in [1.807, 2.05) is 0 Å². The Labute approximate surface area is 74.9 Å². The van der Waals surface area contributed by atoms with Crippen LogP contribution < -0.4 is 0 Å². The molecule has 3 nitrogen and oxygen atoms in total. The fraction of sp³-hybridized carbons (Fsp3) is 1.00. The quantitative estimate of drug-likeness (QED) is 0.609. The van der Waals surface area contributed by atoms with Crippen molar-refractivity contribution in [2.75, 3.05) is 26.7 Å². The number of ether oxygens (including phenoxy) is 1. The van der Waals surface area contributed by atoms with Crippen molar-refractivity contribution in [1.82, 2.24) is 0 Å². The van der Waals surface area contributed by atoms with Crippen LogP contribution in [-0.4, -0.2) is 26.7 Å². The fourth-order valence-corrected chi connectivity index (χ4v) is 1.79. The molecule has 0 aromatic heterocycles. The summed E-state index contributed by atoms with van der Waals surface area (Å²) in [7, 11) is -0.941. The highest BCUT2D eigenvalue weighted by atomic mass is 31.2. The first kappa shape index (κ1) is 12.2. The van der Waals surface area contributed by atoms with Gasteiger partial charge in [-0.1, -0.05) is 13.8 Å². The summed E-state index contributed by atoms with van der Waals surface area (Å²) >= 11 is 0. The molecule has 12 heavy (non-hydrogen) atoms. The van der Waals surface area contributed by atoms with Gasteiger partial charge in [0.1, 0.15) is 6.35 Å². The maximum Gasteiger partial charge on any atom is 0.225 e. The second-order valence-corrected chi connectivity index (χ2v) is 5.99. The van der Waals surface area contributed by atoms with Crippen LogP contribution in [0.2, 0.25) is 0 Å². The third-order valence-electron chi connectivity index (χ3n) is 1.42. The molecule has 0 fully saturated rings. The summed E-state index contributed by atoms with van der Waals surface area (Å²) in [6.45, 7) is 6.40. The Kier molecular flexibility index (Phi) is 5.81. The van der Waals surface area contributed by atoms with Crippen LogP contribution in [0.4, 0.5) is 0 Å². The Morgan fingerprint density at radius 2 is 2.00 bits per heavy atom. The topological polar surface area (TPSA) is 35.5 Å². The normalized spacial score (nSPS) is 16.4. The second-order valence-electron chi connectivity index (χ2n) is 3.45. The fourth-order valence-electron chi connectivity index (χ4n) is 0.753. The van der Waals surface area contributed by atoms with Crippen LogP contribution in [0.15, 0.2) is 0 Å². The van der Waals surface area contributed by atoms with Crippen LogP contribution in [0, 0.1) is 5.92 Å². The predicted molar refractivity (Wildman–Crippen MR) is 50.8 cm³/mol. The smallest absolute Gasteiger partial charge is 0.225 e. The molecule has 0 aromatic rings. The number of hydrogen-bond acceptors (Lipinski definition) is 3. The molecule has 0 rings (SSSR count). The lowest BCUT2D eigenvalue weighted by Crippen LogP contribution is -2.00. The summed E-state index contributed by atoms with van der Waals surface area (Å²) in [5.74, 6) is 0.590. The molecular formula is C8H19O3P. The van der Waals surface area contributed by atoms with Crippen molar-refractivity contribution in [3.05, 3.63) is 0 Å². The Morgan fingerprint density at radius 3 is 2.42 bits per heavy atom. The average Bonchev–Trinajstić information content (AvgIpc) is 1.85. The molecule has 0 aliphatic heterocycles. The summed E-state index contributed by atoms with van der Waals surface area (Å²) in [4.78, 5) is 0. The molecule has 0 heterocycles. The molecule has 4 heteroatoms. The number of rotatable bonds is 6. The van der Waals surface area contributed by atoms with Gasteiger partial charge >= 0.3 is 0 Å². The van der Waals surface area contributed by atoms with E-state index in [-0.39, 0.29) is 6.35 Å². The van der Waals surface area contributed by atoms with Crippen molar-refractivity contribution < 1.29 is 13.8 Å². The zero-order valence-electron chi connectivity index (χ0n) is 8.37. The number of hydrogen-bond donors (Lipinski definition) is 0. The van der Waals surface area contributed by atoms with Crippen LogP contribution in [0.1, 0.15) is 20.3 Å². The maximum atomic E-state index is 11.4. The first-order valence-electron chi connectivity index (χ1n) is 4.18. The molecule has 1 unspecified atom stereocenters. The van der Waals surface area contributed by atoms with E-state index in [0.29, 0.717) is 12.5 Å². The summed E-state index contributed by atoms with van der Waals surface area (Å²) in [5, 5.41) is 0. The maximum absolute atomic E-state index is 11.4. The van der Waals surface area contributed by atoms with Crippen LogP contribution in [-0.2, 0) is 13.8 Å². The lowest BCUT2D eigenvalue weighted by molar-refractivity contribution is 0.216. The minimum Gasteiger partial charge on any atom is -0.375 e. The van der Waals surface area contributed by atoms with Gasteiger partial charge in [-0.05, 0) is 12.3 Å². The molecule has 0 aliphatic rings. The molecule has 0 amide bonds. The summed E-state index contributed by atoms with van der Waals surface area (Å²) in [5.41, 5.74) is 0. The Balaban J connectivity index is 3.54. The van der Waals surface area contributed by atoms with Gasteiger partial charge in [0, 0.05) is 13.8 Å². The highest BCUT2D eigenvalue weighted by Gasteiger charge is 2.14. The summed E-state index contributed by atoms with van der Waals surface area (Å²) in [6.07, 6.45) is 1.16. The van der Waals surface area contributed by atoms with Crippen LogP contribution in [0.5, 0.6) is 0 Å². The van der Waals surface area contributed by atoms with Crippen molar-refractivity contribution >= 4 is 7.37 Å². The van der Waals surface area contributed by atoms with Gasteiger partial charge in [0.05, 0.1) is 6.61 Å². The molecule has 0 bridgehead atoms. The molecule has 0 spiro atoms. The largest absolute Gasteiger partial charge is 0.375 e. The molecule has 0 aliphatic carbocycles. The van der Waals surface area contributed by atoms with E-state index in [2.05, 4.69) is 13.8 Å². The minimum atomic E-state index is -2.47. The first-order valence-corrected chi connectivity index (χ1v) is 6.43. The molecule has 0 N–H and O–H groups in total. The molecular weight excluding hydrogens is 175 g/mol. The summed E-state index contributed by atoms with van der Waals surface area (Å²) in [6, 6.07) is 0. The van der Waals surface area contributed by atoms with Crippen molar-refractivity contribution in [1.29, 1.82) is 0 Å². The van der Waals surface area contributed by atoms with Crippen LogP contribution >= 0.6 is 7.37 Å². The molecule has 1 atom stereocenters. The second kappa shape index (κ2) is 5.74. The molecule has 74 valence electrons. The zero-order chi connectivity index (χ0) is 9.61. The van der Waals surface area contributed by atoms with Gasteiger partial charge in [-0.2, -0.15) is 0 Å². The molecule has 0 aromatic carbocycles. The molecule has 0 saturated heterocycles. The third-order valence-corrected chi connectivity index (χ3v) is 2.88. The monoisotopic (exact) mass is 194 g/mol. The summed E-state index contributed by atoms with van der Waals surface area (Å²) < 4.78 is 21.4. The number of methoxy groups -OCH3 is 1. The first-order chi connectivity index (χ1) is 5.48. The Bertz CT molecular complexity index is 156. The third kappa shape index (κ3) is 6.84. The van der Waals surface area contributed by atoms with Crippen molar-refractivity contribution in [3.8, 4) is 0 Å². The average molecular weight is 194 g/mol. The van der Waals surface area contributed by atoms with Crippen molar-refractivity contribution in [3.63, 3.8) is 0 Å². The Hall–Kier alpha value is 0.150. The van der Waals surface area contributed by atoms with E-state index in [0.717, 1.165) is 6.42 Å². The standard InChI is InChI=1S/C8H19O3P/c1-8(2)5-6-11-12(4,9)7-10-3/h8H,5-7H2,1-4H3. The minimum absolute atomic E-state index is 0.213. The van der Waals surface area contributed by atoms with E-state index in [1.54, 1.807) is 6.66 Å². The van der Waals surface area contributed by atoms with E-state index in [4.69, 9.17) is 9.26 Å². The van der Waals surface area contributed by atoms with Crippen molar-refractivity contribution in [2.45, 2.75) is 20.3 Å². The van der Waals surface area contributed by atoms with Crippen LogP contribution in [0.25, 0.3) is 0 Å². The van der Waals surface area contributed by atoms with Gasteiger partial charge in [-0.3, -0.25) is 4.57 Å². The van der Waals surface area contributed by atoms with Gasteiger partial charge in [-0.15, -0.1) is 0 Å². The highest BCUT2D eigenvalue weighted by Crippen LogP contribution is 2.42.